The highest BCUT2D eigenvalue weighted by Gasteiger charge is 2.29. The molecule has 1 heterocycles. The van der Waals surface area contributed by atoms with E-state index in [4.69, 9.17) is 4.84 Å². The Balaban J connectivity index is 1.65. The topological polar surface area (TPSA) is 50.7 Å². The normalized spacial score (nSPS) is 16.8. The van der Waals surface area contributed by atoms with E-state index in [0.717, 1.165) is 22.5 Å². The Morgan fingerprint density at radius 3 is 2.68 bits per heavy atom. The number of hydrogen-bond acceptors (Lipinski definition) is 3. The highest BCUT2D eigenvalue weighted by molar-refractivity contribution is 6.06. The fraction of sp³-hybridized carbons (Fsp3) is 0.222. The molecule has 2 aromatic rings. The van der Waals surface area contributed by atoms with E-state index >= 15 is 0 Å². The molecular weight excluding hydrogens is 276 g/mol. The Labute approximate surface area is 129 Å². The van der Waals surface area contributed by atoms with Crippen LogP contribution in [-0.2, 0) is 9.63 Å². The summed E-state index contributed by atoms with van der Waals surface area (Å²) in [7, 11) is 0. The van der Waals surface area contributed by atoms with Crippen molar-refractivity contribution >= 4 is 17.3 Å². The number of carbonyl (C=O) groups excluding carboxylic acids is 1. The molecule has 0 fully saturated rings. The average molecular weight is 294 g/mol. The van der Waals surface area contributed by atoms with Crippen LogP contribution in [0.3, 0.4) is 0 Å². The number of benzene rings is 2. The molecule has 0 aliphatic carbocycles. The minimum absolute atomic E-state index is 0.165. The predicted molar refractivity (Wildman–Crippen MR) is 87.0 cm³/mol. The monoisotopic (exact) mass is 294 g/mol. The van der Waals surface area contributed by atoms with E-state index in [1.165, 1.54) is 5.56 Å². The van der Waals surface area contributed by atoms with Crippen LogP contribution in [0.25, 0.3) is 0 Å². The smallest absolute Gasteiger partial charge is 0.268 e. The summed E-state index contributed by atoms with van der Waals surface area (Å²) in [4.78, 5) is 17.6. The predicted octanol–water partition coefficient (Wildman–Crippen LogP) is 3.44. The van der Waals surface area contributed by atoms with Gasteiger partial charge in [-0.3, -0.25) is 4.79 Å². The van der Waals surface area contributed by atoms with Gasteiger partial charge in [-0.1, -0.05) is 53.2 Å². The molecule has 0 spiro atoms. The third kappa shape index (κ3) is 3.01. The van der Waals surface area contributed by atoms with Crippen LogP contribution in [0.1, 0.15) is 23.1 Å². The van der Waals surface area contributed by atoms with Gasteiger partial charge in [0.05, 0.1) is 5.71 Å². The van der Waals surface area contributed by atoms with Crippen LogP contribution in [-0.4, -0.2) is 17.7 Å². The molecule has 0 saturated heterocycles. The average Bonchev–Trinajstić information content (AvgIpc) is 3.01. The number of nitrogens with zero attached hydrogens (tertiary/aromatic N) is 1. The van der Waals surface area contributed by atoms with Crippen molar-refractivity contribution in [2.45, 2.75) is 26.4 Å². The number of amides is 1. The van der Waals surface area contributed by atoms with Gasteiger partial charge in [-0.25, -0.2) is 0 Å². The van der Waals surface area contributed by atoms with Crippen LogP contribution in [0.5, 0.6) is 0 Å². The van der Waals surface area contributed by atoms with Crippen molar-refractivity contribution in [1.29, 1.82) is 0 Å². The van der Waals surface area contributed by atoms with Gasteiger partial charge in [-0.2, -0.15) is 0 Å². The molecular formula is C18H18N2O2. The third-order valence-electron chi connectivity index (χ3n) is 3.71. The highest BCUT2D eigenvalue weighted by atomic mass is 16.6. The molecule has 22 heavy (non-hydrogen) atoms. The molecule has 112 valence electrons. The van der Waals surface area contributed by atoms with E-state index in [1.54, 1.807) is 0 Å². The minimum Gasteiger partial charge on any atom is -0.382 e. The fourth-order valence-electron chi connectivity index (χ4n) is 2.49. The first kappa shape index (κ1) is 14.3. The van der Waals surface area contributed by atoms with E-state index < -0.39 is 6.10 Å². The molecule has 4 nitrogen and oxygen atoms in total. The van der Waals surface area contributed by atoms with Crippen molar-refractivity contribution in [3.8, 4) is 0 Å². The Morgan fingerprint density at radius 1 is 1.18 bits per heavy atom. The Hall–Kier alpha value is -2.62. The van der Waals surface area contributed by atoms with E-state index in [9.17, 15) is 4.79 Å². The van der Waals surface area contributed by atoms with Crippen molar-refractivity contribution in [3.05, 3.63) is 65.2 Å². The van der Waals surface area contributed by atoms with Gasteiger partial charge in [0, 0.05) is 12.1 Å². The number of nitrogens with one attached hydrogen (secondary N) is 1. The Kier molecular flexibility index (Phi) is 3.92. The Morgan fingerprint density at radius 2 is 1.95 bits per heavy atom. The first-order valence-corrected chi connectivity index (χ1v) is 7.30. The van der Waals surface area contributed by atoms with Crippen molar-refractivity contribution in [3.63, 3.8) is 0 Å². The highest BCUT2D eigenvalue weighted by Crippen LogP contribution is 2.20. The number of oxime groups is 1. The molecule has 1 aliphatic heterocycles. The molecule has 1 amide bonds. The zero-order chi connectivity index (χ0) is 15.5. The quantitative estimate of drug-likeness (QED) is 0.942. The first-order chi connectivity index (χ1) is 10.6. The maximum Gasteiger partial charge on any atom is 0.268 e. The molecule has 0 bridgehead atoms. The molecule has 1 atom stereocenters. The molecule has 4 heteroatoms. The number of rotatable bonds is 3. The summed E-state index contributed by atoms with van der Waals surface area (Å²) in [6, 6.07) is 15.7. The van der Waals surface area contributed by atoms with Gasteiger partial charge in [0.2, 0.25) is 6.10 Å². The summed E-state index contributed by atoms with van der Waals surface area (Å²) < 4.78 is 0. The lowest BCUT2D eigenvalue weighted by atomic mass is 10.0. The lowest BCUT2D eigenvalue weighted by molar-refractivity contribution is -0.125. The van der Waals surface area contributed by atoms with Gasteiger partial charge in [-0.15, -0.1) is 0 Å². The molecule has 3 rings (SSSR count). The van der Waals surface area contributed by atoms with E-state index in [-0.39, 0.29) is 5.91 Å². The van der Waals surface area contributed by atoms with Gasteiger partial charge in [-0.05, 0) is 31.0 Å². The SMILES string of the molecule is Cc1ccc(NC(=O)C2CC(c3ccccc3)=NO2)c(C)c1. The zero-order valence-corrected chi connectivity index (χ0v) is 12.7. The van der Waals surface area contributed by atoms with Gasteiger partial charge in [0.15, 0.2) is 0 Å². The second-order valence-corrected chi connectivity index (χ2v) is 5.51. The van der Waals surface area contributed by atoms with Crippen LogP contribution in [0.15, 0.2) is 53.7 Å². The van der Waals surface area contributed by atoms with Crippen LogP contribution in [0, 0.1) is 13.8 Å². The summed E-state index contributed by atoms with van der Waals surface area (Å²) in [5.41, 5.74) is 4.82. The molecule has 0 saturated carbocycles. The van der Waals surface area contributed by atoms with Crippen molar-refractivity contribution < 1.29 is 9.63 Å². The van der Waals surface area contributed by atoms with E-state index in [1.807, 2.05) is 62.4 Å². The summed E-state index contributed by atoms with van der Waals surface area (Å²) >= 11 is 0. The van der Waals surface area contributed by atoms with Gasteiger partial charge in [0.1, 0.15) is 0 Å². The van der Waals surface area contributed by atoms with Crippen molar-refractivity contribution in [1.82, 2.24) is 0 Å². The lowest BCUT2D eigenvalue weighted by Gasteiger charge is -2.12. The summed E-state index contributed by atoms with van der Waals surface area (Å²) in [5, 5.41) is 6.96. The third-order valence-corrected chi connectivity index (χ3v) is 3.71. The van der Waals surface area contributed by atoms with Crippen molar-refractivity contribution in [2.75, 3.05) is 5.32 Å². The van der Waals surface area contributed by atoms with Crippen LogP contribution >= 0.6 is 0 Å². The second kappa shape index (κ2) is 6.02. The summed E-state index contributed by atoms with van der Waals surface area (Å²) in [6.45, 7) is 4.00. The number of anilines is 1. The maximum absolute atomic E-state index is 12.3. The Bertz CT molecular complexity index is 723. The largest absolute Gasteiger partial charge is 0.382 e. The van der Waals surface area contributed by atoms with Gasteiger partial charge < -0.3 is 10.2 Å². The summed E-state index contributed by atoms with van der Waals surface area (Å²) in [6.07, 6.45) is -0.0864. The molecule has 2 aromatic carbocycles. The molecule has 0 aromatic heterocycles. The molecule has 1 unspecified atom stereocenters. The number of hydrogen-bond donors (Lipinski definition) is 1. The van der Waals surface area contributed by atoms with Crippen LogP contribution < -0.4 is 5.32 Å². The second-order valence-electron chi connectivity index (χ2n) is 5.51. The van der Waals surface area contributed by atoms with Crippen molar-refractivity contribution in [2.24, 2.45) is 5.16 Å². The number of carbonyl (C=O) groups is 1. The van der Waals surface area contributed by atoms with Crippen LogP contribution in [0.2, 0.25) is 0 Å². The van der Waals surface area contributed by atoms with E-state index in [0.29, 0.717) is 6.42 Å². The van der Waals surface area contributed by atoms with Gasteiger partial charge >= 0.3 is 0 Å². The first-order valence-electron chi connectivity index (χ1n) is 7.30. The van der Waals surface area contributed by atoms with E-state index in [2.05, 4.69) is 10.5 Å². The standard InChI is InChI=1S/C18H18N2O2/c1-12-8-9-15(13(2)10-12)19-18(21)17-11-16(20-22-17)14-6-4-3-5-7-14/h3-10,17H,11H2,1-2H3,(H,19,21). The molecule has 1 aliphatic rings. The minimum atomic E-state index is -0.573. The van der Waals surface area contributed by atoms with Gasteiger partial charge in [0.25, 0.3) is 5.91 Å². The lowest BCUT2D eigenvalue weighted by Crippen LogP contribution is -2.28. The maximum atomic E-state index is 12.3. The van der Waals surface area contributed by atoms with Crippen LogP contribution in [0.4, 0.5) is 5.69 Å². The number of aryl methyl sites for hydroxylation is 2. The molecule has 0 radical (unpaired) electrons. The molecule has 1 N–H and O–H groups in total. The fourth-order valence-corrected chi connectivity index (χ4v) is 2.49. The summed E-state index contributed by atoms with van der Waals surface area (Å²) in [5.74, 6) is -0.165. The zero-order valence-electron chi connectivity index (χ0n) is 12.7.